The lowest BCUT2D eigenvalue weighted by Crippen LogP contribution is -2.50. The molecule has 0 radical (unpaired) electrons. The van der Waals surface area contributed by atoms with Crippen LogP contribution >= 0.6 is 0 Å². The second-order valence-electron chi connectivity index (χ2n) is 18.1. The Labute approximate surface area is 397 Å². The fourth-order valence-corrected chi connectivity index (χ4v) is 10.6. The summed E-state index contributed by atoms with van der Waals surface area (Å²) in [6.45, 7) is 6.02. The molecule has 0 aromatic heterocycles. The van der Waals surface area contributed by atoms with Gasteiger partial charge in [-0.1, -0.05) is 96.6 Å². The van der Waals surface area contributed by atoms with E-state index in [4.69, 9.17) is 28.4 Å². The van der Waals surface area contributed by atoms with Gasteiger partial charge in [0.05, 0.1) is 38.3 Å². The van der Waals surface area contributed by atoms with E-state index in [9.17, 15) is 19.2 Å². The lowest BCUT2D eigenvalue weighted by atomic mass is 9.61. The number of anilines is 4. The average molecular weight is 919 g/mol. The lowest BCUT2D eigenvalue weighted by molar-refractivity contribution is -0.175. The van der Waals surface area contributed by atoms with Crippen LogP contribution in [0.1, 0.15) is 52.4 Å². The molecule has 1 saturated carbocycles. The maximum absolute atomic E-state index is 14.5. The monoisotopic (exact) mass is 918 g/mol. The Balaban J connectivity index is 0.000000170. The predicted molar refractivity (Wildman–Crippen MR) is 257 cm³/mol. The highest BCUT2D eigenvalue weighted by Gasteiger charge is 2.57. The number of hydrogen-bond donors (Lipinski definition) is 0. The number of hydrogen-bond acceptors (Lipinski definition) is 10. The molecule has 4 aromatic carbocycles. The highest BCUT2D eigenvalue weighted by atomic mass is 16.7. The summed E-state index contributed by atoms with van der Waals surface area (Å²) in [5.41, 5.74) is 5.23. The second-order valence-corrected chi connectivity index (χ2v) is 18.1. The van der Waals surface area contributed by atoms with Gasteiger partial charge in [0.1, 0.15) is 12.2 Å². The van der Waals surface area contributed by atoms with E-state index in [1.165, 1.54) is 12.2 Å². The number of rotatable bonds is 10. The fraction of sp³-hybridized carbons (Fsp3) is 0.357. The molecule has 3 aliphatic heterocycles. The van der Waals surface area contributed by atoms with Crippen molar-refractivity contribution in [1.29, 1.82) is 0 Å². The average Bonchev–Trinajstić information content (AvgIpc) is 4.09. The topological polar surface area (TPSA) is 130 Å². The number of benzene rings is 4. The third kappa shape index (κ3) is 10.3. The third-order valence-corrected chi connectivity index (χ3v) is 13.6. The maximum Gasteiger partial charge on any atom is 0.331 e. The third-order valence-electron chi connectivity index (χ3n) is 13.6. The van der Waals surface area contributed by atoms with Gasteiger partial charge in [0.25, 0.3) is 5.91 Å². The largest absolute Gasteiger partial charge is 0.462 e. The molecule has 6 atom stereocenters. The van der Waals surface area contributed by atoms with Gasteiger partial charge in [0.2, 0.25) is 5.91 Å². The van der Waals surface area contributed by atoms with Crippen molar-refractivity contribution in [3.63, 3.8) is 0 Å². The summed E-state index contributed by atoms with van der Waals surface area (Å²) < 4.78 is 34.6. The van der Waals surface area contributed by atoms with Gasteiger partial charge in [-0.25, -0.2) is 4.79 Å². The van der Waals surface area contributed by atoms with E-state index in [0.29, 0.717) is 39.3 Å². The number of esters is 2. The minimum absolute atomic E-state index is 0.0114. The zero-order chi connectivity index (χ0) is 47.1. The van der Waals surface area contributed by atoms with E-state index in [-0.39, 0.29) is 41.6 Å². The van der Waals surface area contributed by atoms with Gasteiger partial charge in [-0.2, -0.15) is 0 Å². The van der Waals surface area contributed by atoms with Gasteiger partial charge in [-0.3, -0.25) is 24.2 Å². The van der Waals surface area contributed by atoms with E-state index >= 15 is 0 Å². The van der Waals surface area contributed by atoms with Crippen LogP contribution in [0.2, 0.25) is 0 Å². The van der Waals surface area contributed by atoms with Crippen LogP contribution in [0.15, 0.2) is 169 Å². The van der Waals surface area contributed by atoms with E-state index in [1.807, 2.05) is 133 Å². The molecule has 10 rings (SSSR count). The fourth-order valence-electron chi connectivity index (χ4n) is 10.6. The summed E-state index contributed by atoms with van der Waals surface area (Å²) in [6, 6.07) is 38.3. The molecule has 1 unspecified atom stereocenters. The Morgan fingerprint density at radius 2 is 1.21 bits per heavy atom. The molecule has 12 heteroatoms. The first kappa shape index (κ1) is 46.7. The van der Waals surface area contributed by atoms with Gasteiger partial charge >= 0.3 is 11.9 Å². The summed E-state index contributed by atoms with van der Waals surface area (Å²) in [6.07, 6.45) is 13.9. The Hall–Kier alpha value is -6.44. The standard InChI is InChI=1S/2C28H29NO5/c1-18-24-23(27(31)34-18)16-19-17-28(32-14-15-33-28)13-12-22(19)25(24)26(30)29(20-8-4-2-5-9-20)21-10-6-3-7-11-21;1-22(34-27(31)17-15-23-9-8-18-28(21-23)32-19-20-33-28)14-16-26(30)29(24-10-4-2-5-11-24)25-12-6-3-7-13-25/h2-11,16,18,22-25H,12-15,17H2,1H3;2-7,9-17,22H,8,18-21H2,1H3/b;16-14-,17-15+/t18?,22-,23-,24-,25+;22-/m11/s1. The molecule has 3 saturated heterocycles. The lowest BCUT2D eigenvalue weighted by Gasteiger charge is -2.46. The van der Waals surface area contributed by atoms with Crippen LogP contribution in [0.25, 0.3) is 0 Å². The summed E-state index contributed by atoms with van der Waals surface area (Å²) in [4.78, 5) is 56.1. The first-order valence-corrected chi connectivity index (χ1v) is 23.7. The van der Waals surface area contributed by atoms with E-state index in [1.54, 1.807) is 24.0 Å². The Bertz CT molecular complexity index is 2450. The van der Waals surface area contributed by atoms with Crippen molar-refractivity contribution in [2.24, 2.45) is 23.7 Å². The SMILES string of the molecule is CC1OC(=O)[C@@H]2C=C3CC4(CC[C@H]3[C@H](C(=O)N(c3ccccc3)c3ccccc3)[C@H]12)OCCO4.C[C@H](/C=C\C(=O)N(c1ccccc1)c1ccccc1)OC(=O)/C=C/C1=CCCC2(C1)OCCO2. The van der Waals surface area contributed by atoms with Crippen molar-refractivity contribution in [2.75, 3.05) is 36.2 Å². The van der Waals surface area contributed by atoms with Crippen molar-refractivity contribution in [2.45, 2.75) is 76.2 Å². The molecular weight excluding hydrogens is 861 g/mol. The van der Waals surface area contributed by atoms with Crippen LogP contribution in [0, 0.1) is 23.7 Å². The Morgan fingerprint density at radius 3 is 1.75 bits per heavy atom. The van der Waals surface area contributed by atoms with Gasteiger partial charge in [0, 0.05) is 66.5 Å². The number of carbonyl (C=O) groups is 4. The van der Waals surface area contributed by atoms with E-state index < -0.39 is 29.6 Å². The quantitative estimate of drug-likeness (QED) is 0.0861. The van der Waals surface area contributed by atoms with Gasteiger partial charge in [0.15, 0.2) is 11.6 Å². The molecule has 0 bridgehead atoms. The van der Waals surface area contributed by atoms with Crippen LogP contribution in [0.4, 0.5) is 22.7 Å². The zero-order valence-electron chi connectivity index (χ0n) is 38.5. The number of carbonyl (C=O) groups excluding carboxylic acids is 4. The van der Waals surface area contributed by atoms with Crippen molar-refractivity contribution < 1.29 is 47.6 Å². The number of cyclic esters (lactones) is 1. The molecule has 12 nitrogen and oxygen atoms in total. The number of fused-ring (bicyclic) bond motifs is 2. The van der Waals surface area contributed by atoms with Gasteiger partial charge < -0.3 is 28.4 Å². The molecule has 352 valence electrons. The smallest absolute Gasteiger partial charge is 0.331 e. The van der Waals surface area contributed by atoms with Crippen molar-refractivity contribution in [1.82, 2.24) is 0 Å². The second kappa shape index (κ2) is 20.8. The molecule has 0 N–H and O–H groups in total. The van der Waals surface area contributed by atoms with Crippen LogP contribution in [-0.4, -0.2) is 74.0 Å². The highest BCUT2D eigenvalue weighted by Crippen LogP contribution is 2.54. The van der Waals surface area contributed by atoms with Crippen LogP contribution in [-0.2, 0) is 47.6 Å². The molecule has 6 aliphatic rings. The Kier molecular flexibility index (Phi) is 14.3. The highest BCUT2D eigenvalue weighted by molar-refractivity contribution is 6.07. The molecule has 3 heterocycles. The minimum atomic E-state index is -0.616. The van der Waals surface area contributed by atoms with E-state index in [2.05, 4.69) is 12.2 Å². The summed E-state index contributed by atoms with van der Waals surface area (Å²) in [7, 11) is 0. The number of allylic oxidation sites excluding steroid dienone is 2. The predicted octanol–water partition coefficient (Wildman–Crippen LogP) is 9.88. The molecule has 3 aliphatic carbocycles. The molecule has 4 aromatic rings. The Morgan fingerprint density at radius 1 is 0.691 bits per heavy atom. The van der Waals surface area contributed by atoms with Gasteiger partial charge in [-0.05, 0) is 92.8 Å². The molecular formula is C56H58N2O10. The number of ether oxygens (including phenoxy) is 6. The first-order chi connectivity index (χ1) is 33.1. The van der Waals surface area contributed by atoms with Crippen molar-refractivity contribution in [3.05, 3.63) is 169 Å². The summed E-state index contributed by atoms with van der Waals surface area (Å²) in [5.74, 6) is -3.04. The van der Waals surface area contributed by atoms with Crippen LogP contribution < -0.4 is 9.80 Å². The van der Waals surface area contributed by atoms with E-state index in [0.717, 1.165) is 59.6 Å². The number of para-hydroxylation sites is 4. The first-order valence-electron chi connectivity index (χ1n) is 23.7. The minimum Gasteiger partial charge on any atom is -0.462 e. The van der Waals surface area contributed by atoms with Crippen molar-refractivity contribution >= 4 is 46.5 Å². The molecule has 68 heavy (non-hydrogen) atoms. The number of nitrogens with zero attached hydrogens (tertiary/aromatic N) is 2. The maximum atomic E-state index is 14.5. The number of amides is 2. The van der Waals surface area contributed by atoms with Crippen LogP contribution in [0.3, 0.4) is 0 Å². The molecule has 2 amide bonds. The summed E-state index contributed by atoms with van der Waals surface area (Å²) in [5, 5.41) is 0. The van der Waals surface area contributed by atoms with Gasteiger partial charge in [-0.15, -0.1) is 0 Å². The van der Waals surface area contributed by atoms with Crippen molar-refractivity contribution in [3.8, 4) is 0 Å². The zero-order valence-corrected chi connectivity index (χ0v) is 38.5. The summed E-state index contributed by atoms with van der Waals surface area (Å²) >= 11 is 0. The molecule has 4 fully saturated rings. The molecule has 2 spiro atoms. The van der Waals surface area contributed by atoms with Crippen LogP contribution in [0.5, 0.6) is 0 Å². The normalized spacial score (nSPS) is 24.8.